The highest BCUT2D eigenvalue weighted by Gasteiger charge is 2.51. The molecule has 1 amide bonds. The molecular weight excluding hydrogens is 1000 g/mol. The fraction of sp³-hybridized carbons (Fsp3) is 0.800. The SMILES string of the molecule is CC/C=C\C/C=C\C/C=C\C/C=C\C/C=C\C/C=C\CCCCCCCCCCCCCCCCCCC(=O)NC(COC1OC(CO)C(OC2OC(CO)C(O)C(O)C2O)C(O)C1O)C(O)CCCCCCCCCCCC. The number of unbranched alkanes of at least 4 members (excludes halogenated alkanes) is 25. The van der Waals surface area contributed by atoms with Crippen LogP contribution in [0.15, 0.2) is 72.9 Å². The highest BCUT2D eigenvalue weighted by molar-refractivity contribution is 5.76. The summed E-state index contributed by atoms with van der Waals surface area (Å²) in [5, 5.41) is 87.1. The molecule has 9 N–H and O–H groups in total. The Balaban J connectivity index is 1.59. The topological polar surface area (TPSA) is 228 Å². The van der Waals surface area contributed by atoms with E-state index in [1.807, 2.05) is 0 Å². The summed E-state index contributed by atoms with van der Waals surface area (Å²) in [7, 11) is 0. The van der Waals surface area contributed by atoms with E-state index in [1.165, 1.54) is 122 Å². The van der Waals surface area contributed by atoms with Gasteiger partial charge in [0.2, 0.25) is 5.91 Å². The third-order valence-corrected chi connectivity index (χ3v) is 15.2. The van der Waals surface area contributed by atoms with Crippen LogP contribution in [0.1, 0.15) is 239 Å². The van der Waals surface area contributed by atoms with Crippen LogP contribution < -0.4 is 5.32 Å². The molecule has 12 unspecified atom stereocenters. The lowest BCUT2D eigenvalue weighted by Gasteiger charge is -2.46. The van der Waals surface area contributed by atoms with Crippen LogP contribution in [0.2, 0.25) is 0 Å². The van der Waals surface area contributed by atoms with Gasteiger partial charge in [-0.25, -0.2) is 0 Å². The lowest BCUT2D eigenvalue weighted by molar-refractivity contribution is -0.359. The second-order valence-corrected chi connectivity index (χ2v) is 22.2. The number of nitrogens with one attached hydrogen (secondary N) is 1. The van der Waals surface area contributed by atoms with E-state index < -0.39 is 86.8 Å². The Labute approximate surface area is 478 Å². The van der Waals surface area contributed by atoms with Crippen molar-refractivity contribution in [3.63, 3.8) is 0 Å². The molecule has 14 heteroatoms. The maximum absolute atomic E-state index is 13.3. The molecule has 458 valence electrons. The van der Waals surface area contributed by atoms with Gasteiger partial charge in [0, 0.05) is 6.42 Å². The summed E-state index contributed by atoms with van der Waals surface area (Å²) in [5.41, 5.74) is 0. The average Bonchev–Trinajstić information content (AvgIpc) is 3.47. The van der Waals surface area contributed by atoms with Gasteiger partial charge >= 0.3 is 0 Å². The molecule has 0 aromatic carbocycles. The van der Waals surface area contributed by atoms with Crippen LogP contribution in [-0.4, -0.2) is 140 Å². The van der Waals surface area contributed by atoms with Crippen molar-refractivity contribution in [1.82, 2.24) is 5.32 Å². The third kappa shape index (κ3) is 35.2. The molecule has 0 aliphatic carbocycles. The van der Waals surface area contributed by atoms with Crippen molar-refractivity contribution >= 4 is 5.91 Å². The highest BCUT2D eigenvalue weighted by atomic mass is 16.7. The second-order valence-electron chi connectivity index (χ2n) is 22.2. The molecule has 0 saturated carbocycles. The van der Waals surface area contributed by atoms with Crippen LogP contribution in [0, 0.1) is 0 Å². The summed E-state index contributed by atoms with van der Waals surface area (Å²) in [6.07, 6.45) is 49.3. The average molecular weight is 1120 g/mol. The van der Waals surface area contributed by atoms with E-state index in [1.54, 1.807) is 0 Å². The first-order chi connectivity index (χ1) is 38.6. The van der Waals surface area contributed by atoms with Crippen LogP contribution in [0.4, 0.5) is 0 Å². The number of aliphatic hydroxyl groups excluding tert-OH is 8. The minimum Gasteiger partial charge on any atom is -0.394 e. The van der Waals surface area contributed by atoms with Gasteiger partial charge in [-0.15, -0.1) is 0 Å². The van der Waals surface area contributed by atoms with E-state index in [-0.39, 0.29) is 12.5 Å². The van der Waals surface area contributed by atoms with Crippen molar-refractivity contribution < 1.29 is 64.6 Å². The lowest BCUT2D eigenvalue weighted by atomic mass is 9.97. The summed E-state index contributed by atoms with van der Waals surface area (Å²) in [4.78, 5) is 13.3. The number of hydrogen-bond donors (Lipinski definition) is 9. The Morgan fingerprint density at radius 2 is 0.873 bits per heavy atom. The lowest BCUT2D eigenvalue weighted by Crippen LogP contribution is -2.65. The first-order valence-electron chi connectivity index (χ1n) is 31.7. The molecule has 2 heterocycles. The molecule has 0 bridgehead atoms. The fourth-order valence-corrected chi connectivity index (χ4v) is 10.1. The van der Waals surface area contributed by atoms with Crippen molar-refractivity contribution in [2.75, 3.05) is 19.8 Å². The van der Waals surface area contributed by atoms with Gasteiger partial charge in [-0.05, 0) is 64.2 Å². The van der Waals surface area contributed by atoms with E-state index in [2.05, 4.69) is 92.1 Å². The van der Waals surface area contributed by atoms with Crippen LogP contribution in [0.3, 0.4) is 0 Å². The zero-order chi connectivity index (χ0) is 57.4. The van der Waals surface area contributed by atoms with Gasteiger partial charge in [-0.2, -0.15) is 0 Å². The Kier molecular flexibility index (Phi) is 45.9. The summed E-state index contributed by atoms with van der Waals surface area (Å²) < 4.78 is 22.8. The third-order valence-electron chi connectivity index (χ3n) is 15.2. The predicted molar refractivity (Wildman–Crippen MR) is 318 cm³/mol. The van der Waals surface area contributed by atoms with Gasteiger partial charge < -0.3 is 65.1 Å². The minimum atomic E-state index is -1.78. The number of aliphatic hydroxyl groups is 8. The van der Waals surface area contributed by atoms with Crippen molar-refractivity contribution in [3.8, 4) is 0 Å². The first-order valence-corrected chi connectivity index (χ1v) is 31.7. The van der Waals surface area contributed by atoms with Crippen LogP contribution >= 0.6 is 0 Å². The Bertz CT molecular complexity index is 1600. The number of hydrogen-bond acceptors (Lipinski definition) is 13. The van der Waals surface area contributed by atoms with Gasteiger partial charge in [0.05, 0.1) is 32.0 Å². The molecule has 0 spiro atoms. The van der Waals surface area contributed by atoms with E-state index in [0.29, 0.717) is 12.8 Å². The molecule has 2 aliphatic heterocycles. The summed E-state index contributed by atoms with van der Waals surface area (Å²) >= 11 is 0. The Morgan fingerprint density at radius 3 is 1.34 bits per heavy atom. The molecule has 2 rings (SSSR count). The number of carbonyl (C=O) groups is 1. The van der Waals surface area contributed by atoms with E-state index in [4.69, 9.17) is 18.9 Å². The van der Waals surface area contributed by atoms with Gasteiger partial charge in [-0.3, -0.25) is 4.79 Å². The molecule has 2 aliphatic rings. The molecule has 2 saturated heterocycles. The van der Waals surface area contributed by atoms with Gasteiger partial charge in [-0.1, -0.05) is 241 Å². The molecule has 2 fully saturated rings. The standard InChI is InChI=1S/C65H115NO13/c1-3-5-7-9-11-13-15-16-17-18-19-20-21-22-23-24-25-26-27-28-29-30-31-32-33-34-35-36-37-38-39-41-43-45-47-49-57(70)66-53(54(69)48-46-44-42-40-14-12-10-8-6-4-2)52-76-64-62(75)60(73)63(56(51-68)78-64)79-65-61(74)59(72)58(71)55(50-67)77-65/h5,7,11,13,16-17,19-20,22-23,25-26,53-56,58-65,67-69,71-75H,3-4,6,8-10,12,14-15,18,21,24,27-52H2,1-2H3,(H,66,70)/b7-5-,13-11-,17-16-,20-19-,23-22-,26-25-. The van der Waals surface area contributed by atoms with Crippen LogP contribution in [0.25, 0.3) is 0 Å². The monoisotopic (exact) mass is 1120 g/mol. The van der Waals surface area contributed by atoms with Crippen LogP contribution in [-0.2, 0) is 23.7 Å². The number of ether oxygens (including phenoxy) is 4. The summed E-state index contributed by atoms with van der Waals surface area (Å²) in [5.74, 6) is -0.209. The minimum absolute atomic E-state index is 0.209. The molecule has 0 aromatic heterocycles. The highest BCUT2D eigenvalue weighted by Crippen LogP contribution is 2.30. The molecule has 0 radical (unpaired) electrons. The number of amides is 1. The predicted octanol–water partition coefficient (Wildman–Crippen LogP) is 11.5. The zero-order valence-electron chi connectivity index (χ0n) is 49.3. The quantitative estimate of drug-likeness (QED) is 0.0204. The summed E-state index contributed by atoms with van der Waals surface area (Å²) in [6.45, 7) is 2.72. The zero-order valence-corrected chi connectivity index (χ0v) is 49.3. The molecule has 12 atom stereocenters. The van der Waals surface area contributed by atoms with E-state index >= 15 is 0 Å². The molecule has 0 aromatic rings. The van der Waals surface area contributed by atoms with E-state index in [0.717, 1.165) is 89.9 Å². The number of allylic oxidation sites excluding steroid dienone is 12. The normalized spacial score (nSPS) is 24.9. The number of carbonyl (C=O) groups excluding carboxylic acids is 1. The smallest absolute Gasteiger partial charge is 0.220 e. The fourth-order valence-electron chi connectivity index (χ4n) is 10.1. The van der Waals surface area contributed by atoms with Gasteiger partial charge in [0.1, 0.15) is 48.8 Å². The maximum atomic E-state index is 13.3. The Morgan fingerprint density at radius 1 is 0.468 bits per heavy atom. The van der Waals surface area contributed by atoms with Crippen molar-refractivity contribution in [3.05, 3.63) is 72.9 Å². The van der Waals surface area contributed by atoms with Gasteiger partial charge in [0.25, 0.3) is 0 Å². The Hall–Kier alpha value is -2.57. The number of rotatable bonds is 50. The second kappa shape index (κ2) is 50.0. The van der Waals surface area contributed by atoms with Crippen molar-refractivity contribution in [2.45, 2.75) is 312 Å². The molecule has 14 nitrogen and oxygen atoms in total. The maximum Gasteiger partial charge on any atom is 0.220 e. The van der Waals surface area contributed by atoms with Crippen molar-refractivity contribution in [2.24, 2.45) is 0 Å². The van der Waals surface area contributed by atoms with Crippen molar-refractivity contribution in [1.29, 1.82) is 0 Å². The largest absolute Gasteiger partial charge is 0.394 e. The summed E-state index contributed by atoms with van der Waals surface area (Å²) in [6, 6.07) is -0.829. The van der Waals surface area contributed by atoms with Crippen LogP contribution in [0.5, 0.6) is 0 Å². The molecular formula is C65H115NO13. The molecule has 79 heavy (non-hydrogen) atoms. The first kappa shape index (κ1) is 72.5. The van der Waals surface area contributed by atoms with Gasteiger partial charge in [0.15, 0.2) is 12.6 Å². The van der Waals surface area contributed by atoms with E-state index in [9.17, 15) is 45.6 Å².